The Kier molecular flexibility index (Phi) is 5.22. The predicted octanol–water partition coefficient (Wildman–Crippen LogP) is 4.32. The van der Waals surface area contributed by atoms with E-state index in [1.54, 1.807) is 0 Å². The molecule has 20 heavy (non-hydrogen) atoms. The molecule has 0 fully saturated rings. The van der Waals surface area contributed by atoms with Crippen LogP contribution in [0.5, 0.6) is 0 Å². The topological polar surface area (TPSA) is 26.0 Å². The van der Waals surface area contributed by atoms with Gasteiger partial charge >= 0.3 is 0 Å². The molecule has 0 amide bonds. The molecule has 0 spiro atoms. The molecule has 2 N–H and O–H groups in total. The lowest BCUT2D eigenvalue weighted by molar-refractivity contribution is 0.533. The molecule has 0 aliphatic heterocycles. The van der Waals surface area contributed by atoms with Crippen molar-refractivity contribution in [3.8, 4) is 0 Å². The lowest BCUT2D eigenvalue weighted by Gasteiger charge is -2.16. The Labute approximate surface area is 126 Å². The zero-order chi connectivity index (χ0) is 14.5. The van der Waals surface area contributed by atoms with Gasteiger partial charge in [0.25, 0.3) is 0 Å². The van der Waals surface area contributed by atoms with Crippen molar-refractivity contribution in [1.82, 2.24) is 0 Å². The Bertz CT molecular complexity index is 577. The van der Waals surface area contributed by atoms with Gasteiger partial charge in [-0.3, -0.25) is 0 Å². The van der Waals surface area contributed by atoms with Gasteiger partial charge in [-0.15, -0.1) is 0 Å². The van der Waals surface area contributed by atoms with Crippen LogP contribution in [0.1, 0.15) is 22.3 Å². The SMILES string of the molecule is Cc1ccc(CC(CN)Cc2cccc(Cl)c2)cc1C. The number of hydrogen-bond acceptors (Lipinski definition) is 1. The quantitative estimate of drug-likeness (QED) is 0.871. The van der Waals surface area contributed by atoms with Crippen LogP contribution in [0.2, 0.25) is 5.02 Å². The van der Waals surface area contributed by atoms with Crippen molar-refractivity contribution >= 4 is 11.6 Å². The van der Waals surface area contributed by atoms with E-state index in [0.717, 1.165) is 17.9 Å². The van der Waals surface area contributed by atoms with Crippen LogP contribution in [0.3, 0.4) is 0 Å². The van der Waals surface area contributed by atoms with Crippen LogP contribution in [-0.2, 0) is 12.8 Å². The maximum atomic E-state index is 6.04. The number of nitrogens with two attached hydrogens (primary N) is 1. The van der Waals surface area contributed by atoms with E-state index in [9.17, 15) is 0 Å². The van der Waals surface area contributed by atoms with Crippen LogP contribution in [0.25, 0.3) is 0 Å². The molecule has 0 saturated heterocycles. The van der Waals surface area contributed by atoms with Gasteiger partial charge in [0.2, 0.25) is 0 Å². The molecule has 0 aliphatic carbocycles. The largest absolute Gasteiger partial charge is 0.330 e. The second-order valence-electron chi connectivity index (χ2n) is 5.56. The minimum absolute atomic E-state index is 0.454. The summed E-state index contributed by atoms with van der Waals surface area (Å²) in [5.74, 6) is 0.454. The lowest BCUT2D eigenvalue weighted by Crippen LogP contribution is -2.19. The van der Waals surface area contributed by atoms with Gasteiger partial charge in [0, 0.05) is 5.02 Å². The molecule has 1 nitrogen and oxygen atoms in total. The zero-order valence-electron chi connectivity index (χ0n) is 12.2. The summed E-state index contributed by atoms with van der Waals surface area (Å²) in [5, 5.41) is 0.796. The number of hydrogen-bond donors (Lipinski definition) is 1. The molecule has 2 rings (SSSR count). The third-order valence-corrected chi connectivity index (χ3v) is 4.08. The Morgan fingerprint density at radius 2 is 1.65 bits per heavy atom. The standard InChI is InChI=1S/C18H22ClN/c1-13-6-7-16(8-14(13)2)10-17(12-20)9-15-4-3-5-18(19)11-15/h3-8,11,17H,9-10,12,20H2,1-2H3. The van der Waals surface area contributed by atoms with Crippen LogP contribution in [0.15, 0.2) is 42.5 Å². The first-order valence-electron chi connectivity index (χ1n) is 7.09. The van der Waals surface area contributed by atoms with Crippen LogP contribution in [0.4, 0.5) is 0 Å². The average molecular weight is 288 g/mol. The van der Waals surface area contributed by atoms with E-state index >= 15 is 0 Å². The first-order valence-corrected chi connectivity index (χ1v) is 7.47. The first-order chi connectivity index (χ1) is 9.58. The monoisotopic (exact) mass is 287 g/mol. The molecule has 0 aliphatic rings. The molecule has 0 saturated carbocycles. The highest BCUT2D eigenvalue weighted by atomic mass is 35.5. The van der Waals surface area contributed by atoms with Crippen molar-refractivity contribution in [1.29, 1.82) is 0 Å². The molecule has 0 aromatic heterocycles. The van der Waals surface area contributed by atoms with E-state index in [-0.39, 0.29) is 0 Å². The Morgan fingerprint density at radius 3 is 2.25 bits per heavy atom. The van der Waals surface area contributed by atoms with Crippen molar-refractivity contribution in [2.75, 3.05) is 6.54 Å². The van der Waals surface area contributed by atoms with Crippen LogP contribution >= 0.6 is 11.6 Å². The molecule has 2 aromatic rings. The van der Waals surface area contributed by atoms with E-state index in [2.05, 4.69) is 38.1 Å². The average Bonchev–Trinajstić information content (AvgIpc) is 2.42. The zero-order valence-corrected chi connectivity index (χ0v) is 13.0. The Balaban J connectivity index is 2.07. The van der Waals surface area contributed by atoms with Gasteiger partial charge in [0.15, 0.2) is 0 Å². The maximum Gasteiger partial charge on any atom is 0.0408 e. The van der Waals surface area contributed by atoms with Gasteiger partial charge in [-0.2, -0.15) is 0 Å². The summed E-state index contributed by atoms with van der Waals surface area (Å²) in [6.45, 7) is 5.00. The van der Waals surface area contributed by atoms with Gasteiger partial charge < -0.3 is 5.73 Å². The second kappa shape index (κ2) is 6.92. The number of aryl methyl sites for hydroxylation is 2. The molecule has 1 unspecified atom stereocenters. The second-order valence-corrected chi connectivity index (χ2v) is 5.99. The van der Waals surface area contributed by atoms with Gasteiger partial charge in [-0.25, -0.2) is 0 Å². The number of benzene rings is 2. The minimum Gasteiger partial charge on any atom is -0.330 e. The smallest absolute Gasteiger partial charge is 0.0408 e. The van der Waals surface area contributed by atoms with Gasteiger partial charge in [0.05, 0.1) is 0 Å². The Hall–Kier alpha value is -1.31. The van der Waals surface area contributed by atoms with Crippen molar-refractivity contribution in [3.05, 3.63) is 69.7 Å². The summed E-state index contributed by atoms with van der Waals surface area (Å²) in [7, 11) is 0. The van der Waals surface area contributed by atoms with Gasteiger partial charge in [-0.1, -0.05) is 41.9 Å². The third kappa shape index (κ3) is 4.09. The molecular formula is C18H22ClN. The van der Waals surface area contributed by atoms with E-state index in [1.807, 2.05) is 18.2 Å². The van der Waals surface area contributed by atoms with Crippen molar-refractivity contribution in [2.45, 2.75) is 26.7 Å². The first kappa shape index (κ1) is 15.1. The van der Waals surface area contributed by atoms with Gasteiger partial charge in [0.1, 0.15) is 0 Å². The van der Waals surface area contributed by atoms with E-state index in [1.165, 1.54) is 22.3 Å². The fourth-order valence-electron chi connectivity index (χ4n) is 2.50. The summed E-state index contributed by atoms with van der Waals surface area (Å²) in [4.78, 5) is 0. The summed E-state index contributed by atoms with van der Waals surface area (Å²) < 4.78 is 0. The summed E-state index contributed by atoms with van der Waals surface area (Å²) in [6, 6.07) is 14.7. The summed E-state index contributed by atoms with van der Waals surface area (Å²) >= 11 is 6.04. The van der Waals surface area contributed by atoms with Crippen LogP contribution in [-0.4, -0.2) is 6.54 Å². The fourth-order valence-corrected chi connectivity index (χ4v) is 2.71. The van der Waals surface area contributed by atoms with Crippen LogP contribution in [0, 0.1) is 19.8 Å². The highest BCUT2D eigenvalue weighted by Crippen LogP contribution is 2.18. The lowest BCUT2D eigenvalue weighted by atomic mass is 9.91. The highest BCUT2D eigenvalue weighted by molar-refractivity contribution is 6.30. The van der Waals surface area contributed by atoms with E-state index < -0.39 is 0 Å². The highest BCUT2D eigenvalue weighted by Gasteiger charge is 2.10. The van der Waals surface area contributed by atoms with E-state index in [4.69, 9.17) is 17.3 Å². The molecule has 2 heteroatoms. The molecule has 2 aromatic carbocycles. The maximum absolute atomic E-state index is 6.04. The number of halogens is 1. The molecule has 0 radical (unpaired) electrons. The minimum atomic E-state index is 0.454. The van der Waals surface area contributed by atoms with Crippen LogP contribution < -0.4 is 5.73 Å². The summed E-state index contributed by atoms with van der Waals surface area (Å²) in [6.07, 6.45) is 1.99. The van der Waals surface area contributed by atoms with Crippen molar-refractivity contribution in [2.24, 2.45) is 11.7 Å². The third-order valence-electron chi connectivity index (χ3n) is 3.84. The number of rotatable bonds is 5. The molecule has 1 atom stereocenters. The molecule has 0 heterocycles. The molecule has 0 bridgehead atoms. The molecule has 106 valence electrons. The van der Waals surface area contributed by atoms with Gasteiger partial charge in [-0.05, 0) is 73.5 Å². The van der Waals surface area contributed by atoms with E-state index in [0.29, 0.717) is 12.5 Å². The predicted molar refractivity (Wildman–Crippen MR) is 87.3 cm³/mol. The normalized spacial score (nSPS) is 12.4. The summed E-state index contributed by atoms with van der Waals surface area (Å²) in [5.41, 5.74) is 11.3. The Morgan fingerprint density at radius 1 is 0.950 bits per heavy atom. The fraction of sp³-hybridized carbons (Fsp3) is 0.333. The molecular weight excluding hydrogens is 266 g/mol. The van der Waals surface area contributed by atoms with Crippen molar-refractivity contribution < 1.29 is 0 Å². The van der Waals surface area contributed by atoms with Crippen molar-refractivity contribution in [3.63, 3.8) is 0 Å².